The highest BCUT2D eigenvalue weighted by Gasteiger charge is 2.42. The maximum absolute atomic E-state index is 13.0. The summed E-state index contributed by atoms with van der Waals surface area (Å²) in [6.45, 7) is 4.59. The SMILES string of the molecule is CC1(N2CCCCC2)CCCCC1NC(=O)c1ccc(F)cc1.Cl. The Balaban J connectivity index is 0.00000208. The molecule has 1 amide bonds. The largest absolute Gasteiger partial charge is 0.347 e. The average Bonchev–Trinajstić information content (AvgIpc) is 2.58. The summed E-state index contributed by atoms with van der Waals surface area (Å²) in [6.07, 6.45) is 8.40. The summed E-state index contributed by atoms with van der Waals surface area (Å²) in [5.74, 6) is -0.391. The first-order chi connectivity index (χ1) is 11.1. The van der Waals surface area contributed by atoms with Crippen LogP contribution in [0.2, 0.25) is 0 Å². The van der Waals surface area contributed by atoms with Crippen molar-refractivity contribution < 1.29 is 9.18 Å². The van der Waals surface area contributed by atoms with Crippen molar-refractivity contribution in [1.29, 1.82) is 0 Å². The number of hydrogen-bond donors (Lipinski definition) is 1. The Hall–Kier alpha value is -1.13. The van der Waals surface area contributed by atoms with Crippen molar-refractivity contribution in [3.05, 3.63) is 35.6 Å². The number of piperidine rings is 1. The van der Waals surface area contributed by atoms with Gasteiger partial charge in [-0.2, -0.15) is 0 Å². The standard InChI is InChI=1S/C19H27FN2O.ClH/c1-19(22-13-5-2-6-14-22)12-4-3-7-17(19)21-18(23)15-8-10-16(20)11-9-15;/h8-11,17H,2-7,12-14H2,1H3,(H,21,23);1H. The molecule has 1 saturated heterocycles. The summed E-state index contributed by atoms with van der Waals surface area (Å²) in [5.41, 5.74) is 0.590. The van der Waals surface area contributed by atoms with Crippen LogP contribution in [-0.4, -0.2) is 35.5 Å². The number of halogens is 2. The van der Waals surface area contributed by atoms with E-state index >= 15 is 0 Å². The number of hydrogen-bond acceptors (Lipinski definition) is 2. The molecule has 1 aromatic carbocycles. The number of nitrogens with zero attached hydrogens (tertiary/aromatic N) is 1. The summed E-state index contributed by atoms with van der Waals surface area (Å²) < 4.78 is 13.0. The quantitative estimate of drug-likeness (QED) is 0.883. The van der Waals surface area contributed by atoms with Gasteiger partial charge in [0.05, 0.1) is 0 Å². The first kappa shape index (κ1) is 19.2. The monoisotopic (exact) mass is 354 g/mol. The molecule has 3 rings (SSSR count). The number of nitrogens with one attached hydrogen (secondary N) is 1. The summed E-state index contributed by atoms with van der Waals surface area (Å²) in [6, 6.07) is 5.99. The minimum absolute atomic E-state index is 0. The van der Waals surface area contributed by atoms with E-state index in [4.69, 9.17) is 0 Å². The molecule has 1 heterocycles. The molecule has 0 spiro atoms. The van der Waals surface area contributed by atoms with Crippen LogP contribution in [0.15, 0.2) is 24.3 Å². The fourth-order valence-corrected chi connectivity index (χ4v) is 4.17. The lowest BCUT2D eigenvalue weighted by Gasteiger charge is -2.50. The predicted molar refractivity (Wildman–Crippen MR) is 97.2 cm³/mol. The summed E-state index contributed by atoms with van der Waals surface area (Å²) in [4.78, 5) is 15.1. The molecule has 1 aromatic rings. The minimum atomic E-state index is -0.308. The highest BCUT2D eigenvalue weighted by molar-refractivity contribution is 5.94. The van der Waals surface area contributed by atoms with Gasteiger partial charge >= 0.3 is 0 Å². The van der Waals surface area contributed by atoms with Gasteiger partial charge in [0.25, 0.3) is 5.91 Å². The van der Waals surface area contributed by atoms with Gasteiger partial charge in [0, 0.05) is 17.1 Å². The van der Waals surface area contributed by atoms with E-state index in [0.29, 0.717) is 5.56 Å². The lowest BCUT2D eigenvalue weighted by molar-refractivity contribution is 0.0195. The topological polar surface area (TPSA) is 32.3 Å². The first-order valence-electron chi connectivity index (χ1n) is 8.91. The lowest BCUT2D eigenvalue weighted by Crippen LogP contribution is -2.62. The van der Waals surface area contributed by atoms with Crippen LogP contribution >= 0.6 is 12.4 Å². The van der Waals surface area contributed by atoms with E-state index in [2.05, 4.69) is 17.1 Å². The maximum atomic E-state index is 13.0. The molecular formula is C19H28ClFN2O. The Morgan fingerprint density at radius 2 is 1.79 bits per heavy atom. The van der Waals surface area contributed by atoms with E-state index in [1.807, 2.05) is 0 Å². The van der Waals surface area contributed by atoms with Gasteiger partial charge in [0.15, 0.2) is 0 Å². The third-order valence-corrected chi connectivity index (χ3v) is 5.67. The van der Waals surface area contributed by atoms with Crippen molar-refractivity contribution >= 4 is 18.3 Å². The van der Waals surface area contributed by atoms with E-state index in [1.54, 1.807) is 12.1 Å². The van der Waals surface area contributed by atoms with E-state index in [1.165, 1.54) is 37.8 Å². The van der Waals surface area contributed by atoms with E-state index < -0.39 is 0 Å². The van der Waals surface area contributed by atoms with Gasteiger partial charge in [0.1, 0.15) is 5.82 Å². The van der Waals surface area contributed by atoms with Gasteiger partial charge in [-0.05, 0) is 70.0 Å². The molecule has 3 nitrogen and oxygen atoms in total. The van der Waals surface area contributed by atoms with Crippen molar-refractivity contribution in [3.8, 4) is 0 Å². The molecule has 0 aromatic heterocycles. The summed E-state index contributed by atoms with van der Waals surface area (Å²) in [7, 11) is 0. The van der Waals surface area contributed by atoms with Crippen molar-refractivity contribution in [2.45, 2.75) is 63.5 Å². The Kier molecular flexibility index (Phi) is 6.64. The summed E-state index contributed by atoms with van der Waals surface area (Å²) >= 11 is 0. The van der Waals surface area contributed by atoms with Gasteiger partial charge in [-0.15, -0.1) is 12.4 Å². The predicted octanol–water partition coefficient (Wildman–Crippen LogP) is 4.16. The van der Waals surface area contributed by atoms with Crippen LogP contribution in [0.25, 0.3) is 0 Å². The fourth-order valence-electron chi connectivity index (χ4n) is 4.17. The Morgan fingerprint density at radius 3 is 2.46 bits per heavy atom. The number of amides is 1. The van der Waals surface area contributed by atoms with Crippen LogP contribution in [0.5, 0.6) is 0 Å². The third-order valence-electron chi connectivity index (χ3n) is 5.67. The molecule has 0 radical (unpaired) electrons. The number of benzene rings is 1. The van der Waals surface area contributed by atoms with Crippen molar-refractivity contribution in [3.63, 3.8) is 0 Å². The number of carbonyl (C=O) groups is 1. The molecule has 1 N–H and O–H groups in total. The smallest absolute Gasteiger partial charge is 0.251 e. The molecule has 24 heavy (non-hydrogen) atoms. The van der Waals surface area contributed by atoms with Gasteiger partial charge in [-0.1, -0.05) is 19.3 Å². The molecule has 1 aliphatic heterocycles. The highest BCUT2D eigenvalue weighted by Crippen LogP contribution is 2.35. The van der Waals surface area contributed by atoms with Gasteiger partial charge in [-0.3, -0.25) is 9.69 Å². The maximum Gasteiger partial charge on any atom is 0.251 e. The van der Waals surface area contributed by atoms with Crippen LogP contribution < -0.4 is 5.32 Å². The Bertz CT molecular complexity index is 545. The zero-order chi connectivity index (χ0) is 16.3. The zero-order valence-electron chi connectivity index (χ0n) is 14.4. The Labute approximate surface area is 150 Å². The van der Waals surface area contributed by atoms with E-state index in [-0.39, 0.29) is 35.7 Å². The van der Waals surface area contributed by atoms with Crippen LogP contribution in [-0.2, 0) is 0 Å². The molecule has 1 aliphatic carbocycles. The molecule has 5 heteroatoms. The second kappa shape index (κ2) is 8.30. The second-order valence-corrected chi connectivity index (χ2v) is 7.18. The van der Waals surface area contributed by atoms with Gasteiger partial charge in [-0.25, -0.2) is 4.39 Å². The molecule has 0 bridgehead atoms. The molecule has 2 unspecified atom stereocenters. The first-order valence-corrected chi connectivity index (χ1v) is 8.91. The van der Waals surface area contributed by atoms with E-state index in [9.17, 15) is 9.18 Å². The molecule has 2 fully saturated rings. The summed E-state index contributed by atoms with van der Waals surface area (Å²) in [5, 5.41) is 3.24. The highest BCUT2D eigenvalue weighted by atomic mass is 35.5. The average molecular weight is 355 g/mol. The number of rotatable bonds is 3. The Morgan fingerprint density at radius 1 is 1.12 bits per heavy atom. The van der Waals surface area contributed by atoms with Gasteiger partial charge < -0.3 is 5.32 Å². The normalized spacial score (nSPS) is 28.0. The lowest BCUT2D eigenvalue weighted by atomic mass is 9.76. The molecular weight excluding hydrogens is 327 g/mol. The number of likely N-dealkylation sites (tertiary alicyclic amines) is 1. The van der Waals surface area contributed by atoms with Crippen molar-refractivity contribution in [2.24, 2.45) is 0 Å². The third kappa shape index (κ3) is 4.09. The number of carbonyl (C=O) groups excluding carboxylic acids is 1. The fraction of sp³-hybridized carbons (Fsp3) is 0.632. The van der Waals surface area contributed by atoms with Crippen molar-refractivity contribution in [2.75, 3.05) is 13.1 Å². The molecule has 2 atom stereocenters. The minimum Gasteiger partial charge on any atom is -0.347 e. The van der Waals surface area contributed by atoms with E-state index in [0.717, 1.165) is 32.4 Å². The van der Waals surface area contributed by atoms with Gasteiger partial charge in [0.2, 0.25) is 0 Å². The molecule has 134 valence electrons. The zero-order valence-corrected chi connectivity index (χ0v) is 15.2. The molecule has 1 saturated carbocycles. The van der Waals surface area contributed by atoms with Crippen LogP contribution in [0.1, 0.15) is 62.2 Å². The van der Waals surface area contributed by atoms with Crippen molar-refractivity contribution in [1.82, 2.24) is 10.2 Å². The second-order valence-electron chi connectivity index (χ2n) is 7.18. The van der Waals surface area contributed by atoms with Crippen LogP contribution in [0.3, 0.4) is 0 Å². The molecule has 2 aliphatic rings. The van der Waals surface area contributed by atoms with Crippen LogP contribution in [0.4, 0.5) is 4.39 Å². The van der Waals surface area contributed by atoms with Crippen LogP contribution in [0, 0.1) is 5.82 Å².